The number of aromatic amines is 1. The van der Waals surface area contributed by atoms with Crippen LogP contribution < -0.4 is 14.2 Å². The minimum atomic E-state index is -0.878. The molecule has 2 aromatic carbocycles. The number of carbonyl (C=O) groups is 2. The van der Waals surface area contributed by atoms with Crippen LogP contribution in [0.3, 0.4) is 0 Å². The number of nitrogens with one attached hydrogen (secondary N) is 1. The van der Waals surface area contributed by atoms with E-state index in [1.165, 1.54) is 21.3 Å². The average Bonchev–Trinajstić information content (AvgIpc) is 3.20. The number of para-hydroxylation sites is 1. The second-order valence-corrected chi connectivity index (χ2v) is 6.78. The number of benzene rings is 2. The molecule has 7 nitrogen and oxygen atoms in total. The first-order chi connectivity index (χ1) is 14.5. The standard InChI is InChI=1S/C23H25NO6/c1-14(22(26)17-13-24-18-8-6-5-7-16(17)18)30-21(25)10-9-15-11-19(27-2)23(29-4)20(12-15)28-3/h5-8,11-14,24H,9-10H2,1-4H3/t14-/m1/s1. The highest BCUT2D eigenvalue weighted by atomic mass is 16.5. The molecule has 0 unspecified atom stereocenters. The van der Waals surface area contributed by atoms with Crippen LogP contribution >= 0.6 is 0 Å². The number of fused-ring (bicyclic) bond motifs is 1. The van der Waals surface area contributed by atoms with Crippen LogP contribution in [0.15, 0.2) is 42.6 Å². The lowest BCUT2D eigenvalue weighted by atomic mass is 10.1. The van der Waals surface area contributed by atoms with E-state index in [0.29, 0.717) is 29.2 Å². The Kier molecular flexibility index (Phi) is 6.61. The van der Waals surface area contributed by atoms with E-state index in [2.05, 4.69) is 4.98 Å². The van der Waals surface area contributed by atoms with Crippen molar-refractivity contribution in [3.8, 4) is 17.2 Å². The summed E-state index contributed by atoms with van der Waals surface area (Å²) >= 11 is 0. The molecule has 0 fully saturated rings. The van der Waals surface area contributed by atoms with Crippen molar-refractivity contribution in [3.63, 3.8) is 0 Å². The van der Waals surface area contributed by atoms with E-state index in [1.807, 2.05) is 24.3 Å². The van der Waals surface area contributed by atoms with Gasteiger partial charge in [0.2, 0.25) is 11.5 Å². The molecule has 30 heavy (non-hydrogen) atoms. The first kappa shape index (κ1) is 21.2. The lowest BCUT2D eigenvalue weighted by molar-refractivity contribution is -0.146. The smallest absolute Gasteiger partial charge is 0.306 e. The van der Waals surface area contributed by atoms with Crippen LogP contribution in [-0.2, 0) is 16.0 Å². The van der Waals surface area contributed by atoms with Gasteiger partial charge in [-0.1, -0.05) is 18.2 Å². The molecule has 3 rings (SSSR count). The summed E-state index contributed by atoms with van der Waals surface area (Å²) in [6.45, 7) is 1.58. The first-order valence-electron chi connectivity index (χ1n) is 9.57. The van der Waals surface area contributed by atoms with Crippen molar-refractivity contribution in [1.82, 2.24) is 4.98 Å². The molecule has 0 radical (unpaired) electrons. The summed E-state index contributed by atoms with van der Waals surface area (Å²) < 4.78 is 21.3. The zero-order chi connectivity index (χ0) is 21.7. The molecule has 0 saturated heterocycles. The average molecular weight is 411 g/mol. The third kappa shape index (κ3) is 4.40. The molecule has 7 heteroatoms. The van der Waals surface area contributed by atoms with E-state index in [0.717, 1.165) is 16.5 Å². The van der Waals surface area contributed by atoms with E-state index in [1.54, 1.807) is 25.3 Å². The summed E-state index contributed by atoms with van der Waals surface area (Å²) in [6, 6.07) is 11.1. The maximum absolute atomic E-state index is 12.7. The van der Waals surface area contributed by atoms with Crippen LogP contribution in [0.1, 0.15) is 29.3 Å². The van der Waals surface area contributed by atoms with E-state index in [4.69, 9.17) is 18.9 Å². The Balaban J connectivity index is 1.63. The van der Waals surface area contributed by atoms with Gasteiger partial charge in [-0.05, 0) is 37.1 Å². The Labute approximate surface area is 174 Å². The van der Waals surface area contributed by atoms with Gasteiger partial charge in [0.25, 0.3) is 0 Å². The number of ketones is 1. The third-order valence-electron chi connectivity index (χ3n) is 4.87. The second kappa shape index (κ2) is 9.35. The Morgan fingerprint density at radius 2 is 1.67 bits per heavy atom. The normalized spacial score (nSPS) is 11.7. The van der Waals surface area contributed by atoms with Gasteiger partial charge in [0, 0.05) is 29.1 Å². The van der Waals surface area contributed by atoms with Crippen molar-refractivity contribution < 1.29 is 28.5 Å². The van der Waals surface area contributed by atoms with E-state index in [-0.39, 0.29) is 12.2 Å². The third-order valence-corrected chi connectivity index (χ3v) is 4.87. The summed E-state index contributed by atoms with van der Waals surface area (Å²) in [4.78, 5) is 28.1. The molecule has 0 aliphatic carbocycles. The summed E-state index contributed by atoms with van der Waals surface area (Å²) in [5.41, 5.74) is 2.20. The largest absolute Gasteiger partial charge is 0.493 e. The molecular formula is C23H25NO6. The number of rotatable bonds is 9. The van der Waals surface area contributed by atoms with Gasteiger partial charge in [0.15, 0.2) is 17.6 Å². The quantitative estimate of drug-likeness (QED) is 0.424. The molecule has 1 N–H and O–H groups in total. The molecule has 1 heterocycles. The highest BCUT2D eigenvalue weighted by Gasteiger charge is 2.22. The molecule has 1 atom stereocenters. The van der Waals surface area contributed by atoms with Crippen molar-refractivity contribution >= 4 is 22.7 Å². The number of hydrogen-bond donors (Lipinski definition) is 1. The van der Waals surface area contributed by atoms with E-state index in [9.17, 15) is 9.59 Å². The molecule has 0 spiro atoms. The number of methoxy groups -OCH3 is 3. The van der Waals surface area contributed by atoms with Gasteiger partial charge in [-0.2, -0.15) is 0 Å². The van der Waals surface area contributed by atoms with Gasteiger partial charge in [0.05, 0.1) is 21.3 Å². The lowest BCUT2D eigenvalue weighted by Gasteiger charge is -2.15. The van der Waals surface area contributed by atoms with Gasteiger partial charge < -0.3 is 23.9 Å². The molecular weight excluding hydrogens is 386 g/mol. The minimum absolute atomic E-state index is 0.115. The summed E-state index contributed by atoms with van der Waals surface area (Å²) in [6.07, 6.45) is 1.29. The number of esters is 1. The molecule has 0 saturated carbocycles. The van der Waals surface area contributed by atoms with Crippen LogP contribution in [0.5, 0.6) is 17.2 Å². The molecule has 158 valence electrons. The Bertz CT molecular complexity index is 1030. The predicted octanol–water partition coefficient (Wildman–Crippen LogP) is 3.94. The summed E-state index contributed by atoms with van der Waals surface area (Å²) in [7, 11) is 4.60. The molecule has 0 aliphatic rings. The van der Waals surface area contributed by atoms with E-state index >= 15 is 0 Å². The highest BCUT2D eigenvalue weighted by Crippen LogP contribution is 2.38. The van der Waals surface area contributed by atoms with Gasteiger partial charge in [-0.3, -0.25) is 9.59 Å². The molecule has 0 bridgehead atoms. The van der Waals surface area contributed by atoms with Crippen molar-refractivity contribution in [1.29, 1.82) is 0 Å². The molecule has 0 amide bonds. The van der Waals surface area contributed by atoms with E-state index < -0.39 is 12.1 Å². The van der Waals surface area contributed by atoms with Crippen LogP contribution in [0.25, 0.3) is 10.9 Å². The predicted molar refractivity (Wildman–Crippen MR) is 113 cm³/mol. The number of H-pyrrole nitrogens is 1. The Hall–Kier alpha value is -3.48. The van der Waals surface area contributed by atoms with Crippen LogP contribution in [-0.4, -0.2) is 44.2 Å². The fourth-order valence-electron chi connectivity index (χ4n) is 3.33. The summed E-state index contributed by atoms with van der Waals surface area (Å²) in [5.74, 6) is 0.827. The zero-order valence-electron chi connectivity index (χ0n) is 17.5. The topological polar surface area (TPSA) is 86.9 Å². The minimum Gasteiger partial charge on any atom is -0.493 e. The van der Waals surface area contributed by atoms with Crippen LogP contribution in [0.2, 0.25) is 0 Å². The maximum atomic E-state index is 12.7. The monoisotopic (exact) mass is 411 g/mol. The van der Waals surface area contributed by atoms with Gasteiger partial charge in [-0.15, -0.1) is 0 Å². The molecule has 3 aromatic rings. The fraction of sp³-hybridized carbons (Fsp3) is 0.304. The Morgan fingerprint density at radius 1 is 1.00 bits per heavy atom. The van der Waals surface area contributed by atoms with Crippen molar-refractivity contribution in [2.24, 2.45) is 0 Å². The maximum Gasteiger partial charge on any atom is 0.306 e. The van der Waals surface area contributed by atoms with Crippen LogP contribution in [0.4, 0.5) is 0 Å². The van der Waals surface area contributed by atoms with Crippen LogP contribution in [0, 0.1) is 0 Å². The second-order valence-electron chi connectivity index (χ2n) is 6.78. The summed E-state index contributed by atoms with van der Waals surface area (Å²) in [5, 5.41) is 0.808. The van der Waals surface area contributed by atoms with Gasteiger partial charge in [0.1, 0.15) is 0 Å². The Morgan fingerprint density at radius 3 is 2.30 bits per heavy atom. The SMILES string of the molecule is COc1cc(CCC(=O)O[C@H](C)C(=O)c2c[nH]c3ccccc23)cc(OC)c1OC. The number of Topliss-reactive ketones (excluding diaryl/α,β-unsaturated/α-hetero) is 1. The van der Waals surface area contributed by atoms with Gasteiger partial charge in [-0.25, -0.2) is 0 Å². The first-order valence-corrected chi connectivity index (χ1v) is 9.57. The number of ether oxygens (including phenoxy) is 4. The molecule has 1 aromatic heterocycles. The lowest BCUT2D eigenvalue weighted by Crippen LogP contribution is -2.24. The highest BCUT2D eigenvalue weighted by molar-refractivity contribution is 6.10. The number of aromatic nitrogens is 1. The number of aryl methyl sites for hydroxylation is 1. The fourth-order valence-corrected chi connectivity index (χ4v) is 3.33. The van der Waals surface area contributed by atoms with Crippen molar-refractivity contribution in [2.45, 2.75) is 25.9 Å². The number of carbonyl (C=O) groups excluding carboxylic acids is 2. The number of hydrogen-bond acceptors (Lipinski definition) is 6. The van der Waals surface area contributed by atoms with Crippen molar-refractivity contribution in [2.75, 3.05) is 21.3 Å². The molecule has 0 aliphatic heterocycles. The van der Waals surface area contributed by atoms with Gasteiger partial charge >= 0.3 is 5.97 Å². The zero-order valence-corrected chi connectivity index (χ0v) is 17.5. The van der Waals surface area contributed by atoms with Crippen molar-refractivity contribution in [3.05, 3.63) is 53.7 Å².